The minimum atomic E-state index is -1.03. The highest BCUT2D eigenvalue weighted by molar-refractivity contribution is 5.75. The van der Waals surface area contributed by atoms with E-state index in [1.165, 1.54) is 0 Å². The van der Waals surface area contributed by atoms with Gasteiger partial charge in [-0.3, -0.25) is 9.59 Å². The molecule has 158 valence electrons. The normalized spacial score (nSPS) is 32.7. The molecule has 0 saturated carbocycles. The lowest BCUT2D eigenvalue weighted by atomic mass is 9.66. The molecule has 4 unspecified atom stereocenters. The molecule has 4 aliphatic rings. The number of aliphatic hydroxyl groups excluding tert-OH is 2. The quantitative estimate of drug-likeness (QED) is 0.526. The Labute approximate surface area is 170 Å². The molecule has 0 radical (unpaired) electrons. The van der Waals surface area contributed by atoms with Crippen LogP contribution in [0.5, 0.6) is 0 Å². The summed E-state index contributed by atoms with van der Waals surface area (Å²) in [7, 11) is 0. The molecule has 0 aliphatic heterocycles. The number of aliphatic hydroxyl groups is 2. The SMILES string of the molecule is O=C(O)C1CC2=C(CCCC2)C(CC2C3=C(CCCC3)CC(C(=O)O)C2O)=C1O. The molecule has 4 atom stereocenters. The van der Waals surface area contributed by atoms with Gasteiger partial charge in [0.25, 0.3) is 0 Å². The van der Waals surface area contributed by atoms with Gasteiger partial charge in [0.1, 0.15) is 11.7 Å². The van der Waals surface area contributed by atoms with Crippen LogP contribution < -0.4 is 0 Å². The van der Waals surface area contributed by atoms with E-state index in [9.17, 15) is 30.0 Å². The van der Waals surface area contributed by atoms with Crippen molar-refractivity contribution in [3.05, 3.63) is 33.6 Å². The van der Waals surface area contributed by atoms with Gasteiger partial charge in [0, 0.05) is 5.92 Å². The number of hydrogen-bond donors (Lipinski definition) is 4. The minimum Gasteiger partial charge on any atom is -0.511 e. The Morgan fingerprint density at radius 2 is 1.52 bits per heavy atom. The maximum atomic E-state index is 11.8. The first-order valence-corrected chi connectivity index (χ1v) is 10.9. The van der Waals surface area contributed by atoms with Gasteiger partial charge in [-0.25, -0.2) is 0 Å². The van der Waals surface area contributed by atoms with E-state index in [1.807, 2.05) is 0 Å². The van der Waals surface area contributed by atoms with Crippen LogP contribution in [0.1, 0.15) is 70.6 Å². The summed E-state index contributed by atoms with van der Waals surface area (Å²) in [5.74, 6) is -4.22. The van der Waals surface area contributed by atoms with Gasteiger partial charge in [-0.05, 0) is 81.8 Å². The zero-order valence-corrected chi connectivity index (χ0v) is 16.7. The lowest BCUT2D eigenvalue weighted by Gasteiger charge is -2.40. The summed E-state index contributed by atoms with van der Waals surface area (Å²) in [5, 5.41) is 41.1. The van der Waals surface area contributed by atoms with E-state index in [-0.39, 0.29) is 11.7 Å². The molecule has 0 bridgehead atoms. The summed E-state index contributed by atoms with van der Waals surface area (Å²) >= 11 is 0. The molecule has 0 fully saturated rings. The Hall–Kier alpha value is -2.08. The summed E-state index contributed by atoms with van der Waals surface area (Å²) in [6.07, 6.45) is 7.58. The first-order chi connectivity index (χ1) is 13.9. The van der Waals surface area contributed by atoms with Gasteiger partial charge >= 0.3 is 11.9 Å². The first kappa shape index (κ1) is 20.2. The van der Waals surface area contributed by atoms with E-state index in [1.54, 1.807) is 0 Å². The lowest BCUT2D eigenvalue weighted by molar-refractivity contribution is -0.147. The Kier molecular flexibility index (Phi) is 5.56. The fraction of sp³-hybridized carbons (Fsp3) is 0.652. The third-order valence-corrected chi connectivity index (χ3v) is 7.44. The van der Waals surface area contributed by atoms with Gasteiger partial charge in [0.2, 0.25) is 0 Å². The maximum Gasteiger partial charge on any atom is 0.314 e. The second-order valence-corrected chi connectivity index (χ2v) is 9.03. The molecular weight excluding hydrogens is 372 g/mol. The van der Waals surface area contributed by atoms with Crippen molar-refractivity contribution in [2.24, 2.45) is 17.8 Å². The van der Waals surface area contributed by atoms with Crippen LogP contribution in [0.15, 0.2) is 33.6 Å². The molecule has 6 nitrogen and oxygen atoms in total. The van der Waals surface area contributed by atoms with Crippen LogP contribution in [0.4, 0.5) is 0 Å². The van der Waals surface area contributed by atoms with Crippen molar-refractivity contribution in [1.82, 2.24) is 0 Å². The standard InChI is InChI=1S/C23H30O6/c24-20-16(14-7-3-1-5-12(14)9-18(20)22(26)27)11-17-15-8-4-2-6-13(15)10-19(21(17)25)23(28)29/h16,18-20,24-25H,1-11H2,(H,26,27)(H,28,29). The number of carboxylic acids is 2. The van der Waals surface area contributed by atoms with E-state index in [0.29, 0.717) is 24.8 Å². The van der Waals surface area contributed by atoms with Crippen molar-refractivity contribution in [2.45, 2.75) is 76.7 Å². The molecule has 0 heterocycles. The fourth-order valence-corrected chi connectivity index (χ4v) is 5.94. The predicted molar refractivity (Wildman–Crippen MR) is 106 cm³/mol. The van der Waals surface area contributed by atoms with Gasteiger partial charge in [0.15, 0.2) is 0 Å². The Morgan fingerprint density at radius 1 is 0.862 bits per heavy atom. The summed E-state index contributed by atoms with van der Waals surface area (Å²) in [6, 6.07) is 0. The molecule has 4 rings (SSSR count). The Morgan fingerprint density at radius 3 is 2.21 bits per heavy atom. The van der Waals surface area contributed by atoms with E-state index >= 15 is 0 Å². The highest BCUT2D eigenvalue weighted by atomic mass is 16.4. The average Bonchev–Trinajstić information content (AvgIpc) is 2.70. The average molecular weight is 402 g/mol. The number of allylic oxidation sites excluding steroid dienone is 4. The van der Waals surface area contributed by atoms with Crippen LogP contribution in [0.3, 0.4) is 0 Å². The molecular formula is C23H30O6. The predicted octanol–water partition coefficient (Wildman–Crippen LogP) is 4.12. The van der Waals surface area contributed by atoms with Crippen LogP contribution in [0, 0.1) is 17.8 Å². The molecule has 0 aromatic rings. The number of carboxylic acid groups (broad SMARTS) is 2. The summed E-state index contributed by atoms with van der Waals surface area (Å²) in [5.41, 5.74) is 5.15. The number of carbonyl (C=O) groups is 2. The van der Waals surface area contributed by atoms with Gasteiger partial charge < -0.3 is 20.4 Å². The largest absolute Gasteiger partial charge is 0.511 e. The fourth-order valence-electron chi connectivity index (χ4n) is 5.94. The first-order valence-electron chi connectivity index (χ1n) is 10.9. The molecule has 0 saturated heterocycles. The molecule has 0 amide bonds. The van der Waals surface area contributed by atoms with Crippen LogP contribution >= 0.6 is 0 Å². The van der Waals surface area contributed by atoms with Crippen molar-refractivity contribution in [3.63, 3.8) is 0 Å². The van der Waals surface area contributed by atoms with Gasteiger partial charge in [-0.15, -0.1) is 0 Å². The second kappa shape index (κ2) is 7.98. The molecule has 4 aliphatic carbocycles. The smallest absolute Gasteiger partial charge is 0.314 e. The van der Waals surface area contributed by atoms with E-state index < -0.39 is 29.9 Å². The second-order valence-electron chi connectivity index (χ2n) is 9.03. The highest BCUT2D eigenvalue weighted by Gasteiger charge is 2.43. The Bertz CT molecular complexity index is 817. The molecule has 29 heavy (non-hydrogen) atoms. The van der Waals surface area contributed by atoms with Crippen molar-refractivity contribution >= 4 is 11.9 Å². The van der Waals surface area contributed by atoms with Gasteiger partial charge in [-0.2, -0.15) is 0 Å². The van der Waals surface area contributed by atoms with Crippen LogP contribution in [-0.2, 0) is 9.59 Å². The van der Waals surface area contributed by atoms with E-state index in [4.69, 9.17) is 0 Å². The number of hydrogen-bond acceptors (Lipinski definition) is 4. The van der Waals surface area contributed by atoms with E-state index in [2.05, 4.69) is 0 Å². The van der Waals surface area contributed by atoms with Crippen molar-refractivity contribution in [3.8, 4) is 0 Å². The summed E-state index contributed by atoms with van der Waals surface area (Å²) < 4.78 is 0. The lowest BCUT2D eigenvalue weighted by Crippen LogP contribution is -2.41. The van der Waals surface area contributed by atoms with Crippen LogP contribution in [0.2, 0.25) is 0 Å². The number of aliphatic carboxylic acids is 2. The summed E-state index contributed by atoms with van der Waals surface area (Å²) in [6.45, 7) is 0. The van der Waals surface area contributed by atoms with Crippen LogP contribution in [-0.4, -0.2) is 38.5 Å². The van der Waals surface area contributed by atoms with Crippen molar-refractivity contribution in [1.29, 1.82) is 0 Å². The molecule has 0 aromatic heterocycles. The molecule has 0 spiro atoms. The summed E-state index contributed by atoms with van der Waals surface area (Å²) in [4.78, 5) is 23.5. The number of rotatable bonds is 4. The molecule has 4 N–H and O–H groups in total. The monoisotopic (exact) mass is 402 g/mol. The third kappa shape index (κ3) is 3.63. The highest BCUT2D eigenvalue weighted by Crippen LogP contribution is 2.48. The zero-order chi connectivity index (χ0) is 20.7. The van der Waals surface area contributed by atoms with Gasteiger partial charge in [0.05, 0.1) is 12.0 Å². The minimum absolute atomic E-state index is 0.0826. The molecule has 6 heteroatoms. The molecule has 0 aromatic carbocycles. The van der Waals surface area contributed by atoms with Crippen molar-refractivity contribution in [2.75, 3.05) is 0 Å². The maximum absolute atomic E-state index is 11.8. The third-order valence-electron chi connectivity index (χ3n) is 7.44. The van der Waals surface area contributed by atoms with E-state index in [0.717, 1.165) is 73.7 Å². The van der Waals surface area contributed by atoms with Crippen molar-refractivity contribution < 1.29 is 30.0 Å². The van der Waals surface area contributed by atoms with Crippen LogP contribution in [0.25, 0.3) is 0 Å². The zero-order valence-electron chi connectivity index (χ0n) is 16.7. The van der Waals surface area contributed by atoms with Gasteiger partial charge in [-0.1, -0.05) is 16.7 Å². The Balaban J connectivity index is 1.74. The topological polar surface area (TPSA) is 115 Å².